The van der Waals surface area contributed by atoms with Crippen LogP contribution in [0.5, 0.6) is 5.19 Å². The monoisotopic (exact) mass is 450 g/mol. The number of thiazole rings is 1. The van der Waals surface area contributed by atoms with Gasteiger partial charge in [0.25, 0.3) is 11.1 Å². The smallest absolute Gasteiger partial charge is 0.274 e. The SMILES string of the molecule is CS(=O)(=O)c1cccc(C(=O)N2CCC(Oc3nc4c(Cl)cccc4s3)CC2)c1. The topological polar surface area (TPSA) is 76.6 Å². The largest absolute Gasteiger partial charge is 0.467 e. The Bertz CT molecular complexity index is 1170. The first-order valence-corrected chi connectivity index (χ1v) is 12.2. The summed E-state index contributed by atoms with van der Waals surface area (Å²) in [5.41, 5.74) is 1.13. The Balaban J connectivity index is 1.40. The van der Waals surface area contributed by atoms with E-state index in [9.17, 15) is 13.2 Å². The second-order valence-corrected chi connectivity index (χ2v) is 10.4. The lowest BCUT2D eigenvalue weighted by molar-refractivity contribution is 0.0595. The zero-order valence-electron chi connectivity index (χ0n) is 15.7. The first-order valence-electron chi connectivity index (χ1n) is 9.12. The van der Waals surface area contributed by atoms with Gasteiger partial charge in [-0.1, -0.05) is 35.1 Å². The number of sulfone groups is 1. The minimum absolute atomic E-state index is 0.0271. The highest BCUT2D eigenvalue weighted by molar-refractivity contribution is 7.90. The van der Waals surface area contributed by atoms with Crippen LogP contribution in [-0.4, -0.2) is 49.7 Å². The molecule has 0 N–H and O–H groups in total. The molecular formula is C20H19ClN2O4S2. The zero-order valence-corrected chi connectivity index (χ0v) is 18.1. The van der Waals surface area contributed by atoms with Crippen LogP contribution in [0, 0.1) is 0 Å². The van der Waals surface area contributed by atoms with Gasteiger partial charge in [-0.2, -0.15) is 0 Å². The molecule has 6 nitrogen and oxygen atoms in total. The van der Waals surface area contributed by atoms with Gasteiger partial charge in [0.2, 0.25) is 0 Å². The third kappa shape index (κ3) is 4.39. The third-order valence-corrected chi connectivity index (χ3v) is 7.18. The summed E-state index contributed by atoms with van der Waals surface area (Å²) in [7, 11) is -3.35. The standard InChI is InChI=1S/C20H19ClN2O4S2/c1-29(25,26)15-5-2-4-13(12-15)19(24)23-10-8-14(9-11-23)27-20-22-18-16(21)6-3-7-17(18)28-20/h2-7,12,14H,8-11H2,1H3. The molecule has 2 heterocycles. The molecule has 0 atom stereocenters. The highest BCUT2D eigenvalue weighted by Crippen LogP contribution is 2.33. The van der Waals surface area contributed by atoms with Crippen LogP contribution in [0.3, 0.4) is 0 Å². The van der Waals surface area contributed by atoms with Crippen molar-refractivity contribution in [1.29, 1.82) is 0 Å². The number of nitrogens with zero attached hydrogens (tertiary/aromatic N) is 2. The van der Waals surface area contributed by atoms with E-state index in [2.05, 4.69) is 4.98 Å². The van der Waals surface area contributed by atoms with Crippen LogP contribution < -0.4 is 4.74 Å². The molecule has 4 rings (SSSR count). The number of piperidine rings is 1. The van der Waals surface area contributed by atoms with E-state index in [0.29, 0.717) is 41.7 Å². The van der Waals surface area contributed by atoms with Crippen molar-refractivity contribution in [1.82, 2.24) is 9.88 Å². The first-order chi connectivity index (χ1) is 13.8. The number of rotatable bonds is 4. The van der Waals surface area contributed by atoms with Gasteiger partial charge < -0.3 is 9.64 Å². The maximum atomic E-state index is 12.8. The molecule has 0 saturated carbocycles. The number of hydrogen-bond donors (Lipinski definition) is 0. The number of aromatic nitrogens is 1. The van der Waals surface area contributed by atoms with Crippen molar-refractivity contribution >= 4 is 48.9 Å². The summed E-state index contributed by atoms with van der Waals surface area (Å²) in [5, 5.41) is 1.18. The summed E-state index contributed by atoms with van der Waals surface area (Å²) in [6.07, 6.45) is 2.47. The van der Waals surface area contributed by atoms with E-state index in [1.54, 1.807) is 23.1 Å². The minimum atomic E-state index is -3.35. The van der Waals surface area contributed by atoms with Crippen LogP contribution in [0.2, 0.25) is 5.02 Å². The molecule has 2 aromatic carbocycles. The number of carbonyl (C=O) groups is 1. The maximum absolute atomic E-state index is 12.8. The normalized spacial score (nSPS) is 15.6. The van der Waals surface area contributed by atoms with Crippen molar-refractivity contribution < 1.29 is 17.9 Å². The predicted octanol–water partition coefficient (Wildman–Crippen LogP) is 4.04. The molecule has 152 valence electrons. The van der Waals surface area contributed by atoms with E-state index in [1.807, 2.05) is 12.1 Å². The minimum Gasteiger partial charge on any atom is -0.467 e. The highest BCUT2D eigenvalue weighted by Gasteiger charge is 2.26. The first kappa shape index (κ1) is 20.1. The van der Waals surface area contributed by atoms with Crippen LogP contribution in [0.1, 0.15) is 23.2 Å². The molecular weight excluding hydrogens is 432 g/mol. The van der Waals surface area contributed by atoms with Crippen LogP contribution in [0.15, 0.2) is 47.4 Å². The van der Waals surface area contributed by atoms with Crippen LogP contribution in [-0.2, 0) is 9.84 Å². The number of likely N-dealkylation sites (tertiary alicyclic amines) is 1. The molecule has 9 heteroatoms. The van der Waals surface area contributed by atoms with Crippen LogP contribution >= 0.6 is 22.9 Å². The predicted molar refractivity (Wildman–Crippen MR) is 114 cm³/mol. The molecule has 1 aliphatic heterocycles. The quantitative estimate of drug-likeness (QED) is 0.599. The molecule has 29 heavy (non-hydrogen) atoms. The van der Waals surface area contributed by atoms with Gasteiger partial charge in [0.05, 0.1) is 14.6 Å². The van der Waals surface area contributed by atoms with Crippen molar-refractivity contribution in [2.75, 3.05) is 19.3 Å². The van der Waals surface area contributed by atoms with Crippen molar-refractivity contribution in [2.24, 2.45) is 0 Å². The number of halogens is 1. The Kier molecular flexibility index (Phi) is 5.50. The second-order valence-electron chi connectivity index (χ2n) is 6.98. The summed E-state index contributed by atoms with van der Waals surface area (Å²) in [4.78, 5) is 19.1. The van der Waals surface area contributed by atoms with Crippen molar-refractivity contribution in [3.63, 3.8) is 0 Å². The Labute approximate surface area is 178 Å². The van der Waals surface area contributed by atoms with Crippen molar-refractivity contribution in [2.45, 2.75) is 23.8 Å². The van der Waals surface area contributed by atoms with Gasteiger partial charge in [0.15, 0.2) is 9.84 Å². The lowest BCUT2D eigenvalue weighted by atomic mass is 10.1. The van der Waals surface area contributed by atoms with Gasteiger partial charge in [-0.3, -0.25) is 4.79 Å². The van der Waals surface area contributed by atoms with E-state index < -0.39 is 9.84 Å². The fourth-order valence-electron chi connectivity index (χ4n) is 3.31. The second kappa shape index (κ2) is 7.93. The van der Waals surface area contributed by atoms with Crippen molar-refractivity contribution in [3.05, 3.63) is 53.1 Å². The molecule has 1 aromatic heterocycles. The molecule has 1 fully saturated rings. The summed E-state index contributed by atoms with van der Waals surface area (Å²) in [6, 6.07) is 11.8. The number of amides is 1. The molecule has 1 amide bonds. The number of fused-ring (bicyclic) bond motifs is 1. The van der Waals surface area contributed by atoms with Gasteiger partial charge in [0, 0.05) is 37.8 Å². The molecule has 1 aliphatic rings. The number of benzene rings is 2. The summed E-state index contributed by atoms with van der Waals surface area (Å²) < 4.78 is 30.5. The van der Waals surface area contributed by atoms with E-state index >= 15 is 0 Å². The van der Waals surface area contributed by atoms with E-state index in [-0.39, 0.29) is 16.9 Å². The zero-order chi connectivity index (χ0) is 20.6. The third-order valence-electron chi connectivity index (χ3n) is 4.86. The van der Waals surface area contributed by atoms with E-state index in [4.69, 9.17) is 16.3 Å². The fraction of sp³-hybridized carbons (Fsp3) is 0.300. The van der Waals surface area contributed by atoms with Crippen LogP contribution in [0.25, 0.3) is 10.2 Å². The summed E-state index contributed by atoms with van der Waals surface area (Å²) in [6.45, 7) is 1.08. The molecule has 0 bridgehead atoms. The molecule has 0 radical (unpaired) electrons. The van der Waals surface area contributed by atoms with E-state index in [1.165, 1.54) is 23.5 Å². The Morgan fingerprint density at radius 1 is 1.21 bits per heavy atom. The number of ether oxygens (including phenoxy) is 1. The molecule has 3 aromatic rings. The van der Waals surface area contributed by atoms with E-state index in [0.717, 1.165) is 16.5 Å². The molecule has 0 unspecified atom stereocenters. The van der Waals surface area contributed by atoms with Gasteiger partial charge in [-0.25, -0.2) is 13.4 Å². The molecule has 0 spiro atoms. The Hall–Kier alpha value is -2.16. The lowest BCUT2D eigenvalue weighted by Crippen LogP contribution is -2.41. The molecule has 0 aliphatic carbocycles. The number of hydrogen-bond acceptors (Lipinski definition) is 6. The van der Waals surface area contributed by atoms with Gasteiger partial charge in [0.1, 0.15) is 11.6 Å². The molecule has 1 saturated heterocycles. The number of carbonyl (C=O) groups excluding carboxylic acids is 1. The van der Waals surface area contributed by atoms with Crippen LogP contribution in [0.4, 0.5) is 0 Å². The Morgan fingerprint density at radius 2 is 1.93 bits per heavy atom. The van der Waals surface area contributed by atoms with Crippen molar-refractivity contribution in [3.8, 4) is 5.19 Å². The van der Waals surface area contributed by atoms with Gasteiger partial charge in [-0.15, -0.1) is 0 Å². The highest BCUT2D eigenvalue weighted by atomic mass is 35.5. The summed E-state index contributed by atoms with van der Waals surface area (Å²) in [5.74, 6) is -0.166. The lowest BCUT2D eigenvalue weighted by Gasteiger charge is -2.31. The maximum Gasteiger partial charge on any atom is 0.274 e. The van der Waals surface area contributed by atoms with Gasteiger partial charge >= 0.3 is 0 Å². The Morgan fingerprint density at radius 3 is 2.62 bits per heavy atom. The average molecular weight is 451 g/mol. The number of para-hydroxylation sites is 1. The summed E-state index contributed by atoms with van der Waals surface area (Å²) >= 11 is 7.63. The fourth-order valence-corrected chi connectivity index (χ4v) is 5.15. The van der Waals surface area contributed by atoms with Gasteiger partial charge in [-0.05, 0) is 30.3 Å². The average Bonchev–Trinajstić information content (AvgIpc) is 3.11.